The lowest BCUT2D eigenvalue weighted by atomic mass is 9.69. The Morgan fingerprint density at radius 1 is 1.18 bits per heavy atom. The zero-order valence-corrected chi connectivity index (χ0v) is 16.3. The minimum absolute atomic E-state index is 0.0281. The number of amides is 1. The summed E-state index contributed by atoms with van der Waals surface area (Å²) in [4.78, 5) is 13.3. The van der Waals surface area contributed by atoms with E-state index in [2.05, 4.69) is 16.5 Å². The van der Waals surface area contributed by atoms with Crippen LogP contribution in [0.25, 0.3) is 11.1 Å². The van der Waals surface area contributed by atoms with E-state index in [4.69, 9.17) is 4.52 Å². The van der Waals surface area contributed by atoms with Gasteiger partial charge in [-0.3, -0.25) is 4.79 Å². The molecule has 3 aromatic rings. The standard InChI is InChI=1S/C23H24N2O3/c1-14(13-26)12-23(18-7-5-4-6-8-18)19-11-17(9-10-20(19)24-22(23)27)21-15(2)25-28-16(21)3/h4-11,14,26H,12-13H2,1-3H3,(H,24,27)/t14-,23?/m0/s1. The van der Waals surface area contributed by atoms with Crippen molar-refractivity contribution in [2.45, 2.75) is 32.6 Å². The normalized spacial score (nSPS) is 19.4. The molecule has 0 saturated heterocycles. The van der Waals surface area contributed by atoms with Gasteiger partial charge in [-0.15, -0.1) is 0 Å². The van der Waals surface area contributed by atoms with Crippen LogP contribution in [-0.4, -0.2) is 22.8 Å². The SMILES string of the molecule is Cc1noc(C)c1-c1ccc2c(c1)C(C[C@H](C)CO)(c1ccccc1)C(=O)N2. The van der Waals surface area contributed by atoms with Gasteiger partial charge in [-0.1, -0.05) is 48.5 Å². The van der Waals surface area contributed by atoms with Crippen LogP contribution in [0.5, 0.6) is 0 Å². The largest absolute Gasteiger partial charge is 0.396 e. The van der Waals surface area contributed by atoms with Crippen LogP contribution >= 0.6 is 0 Å². The molecule has 0 spiro atoms. The van der Waals surface area contributed by atoms with Crippen LogP contribution in [0.15, 0.2) is 53.1 Å². The molecule has 4 rings (SSSR count). The molecule has 1 aliphatic heterocycles. The number of rotatable bonds is 5. The number of hydrogen-bond donors (Lipinski definition) is 2. The van der Waals surface area contributed by atoms with Gasteiger partial charge in [0.25, 0.3) is 0 Å². The molecule has 1 aliphatic rings. The Morgan fingerprint density at radius 2 is 1.93 bits per heavy atom. The Hall–Kier alpha value is -2.92. The van der Waals surface area contributed by atoms with Crippen LogP contribution in [-0.2, 0) is 10.2 Å². The predicted octanol–water partition coefficient (Wildman–Crippen LogP) is 4.22. The number of aliphatic hydroxyl groups is 1. The fraction of sp³-hybridized carbons (Fsp3) is 0.304. The third-order valence-corrected chi connectivity index (χ3v) is 5.67. The second-order valence-electron chi connectivity index (χ2n) is 7.68. The maximum Gasteiger partial charge on any atom is 0.239 e. The molecule has 5 heteroatoms. The number of carbonyl (C=O) groups excluding carboxylic acids is 1. The number of nitrogens with zero attached hydrogens (tertiary/aromatic N) is 1. The summed E-state index contributed by atoms with van der Waals surface area (Å²) in [5, 5.41) is 16.8. The highest BCUT2D eigenvalue weighted by Crippen LogP contribution is 2.48. The Bertz CT molecular complexity index is 1010. The van der Waals surface area contributed by atoms with Crippen LogP contribution in [0.1, 0.15) is 35.9 Å². The first-order chi connectivity index (χ1) is 13.5. The van der Waals surface area contributed by atoms with Gasteiger partial charge in [-0.25, -0.2) is 0 Å². The molecule has 28 heavy (non-hydrogen) atoms. The Balaban J connectivity index is 1.95. The lowest BCUT2D eigenvalue weighted by Gasteiger charge is -2.31. The first-order valence-electron chi connectivity index (χ1n) is 9.53. The van der Waals surface area contributed by atoms with Gasteiger partial charge in [0, 0.05) is 17.9 Å². The van der Waals surface area contributed by atoms with Gasteiger partial charge in [0.15, 0.2) is 0 Å². The molecule has 2 atom stereocenters. The predicted molar refractivity (Wildman–Crippen MR) is 108 cm³/mol. The van der Waals surface area contributed by atoms with E-state index < -0.39 is 5.41 Å². The van der Waals surface area contributed by atoms with Crippen molar-refractivity contribution in [1.82, 2.24) is 5.16 Å². The summed E-state index contributed by atoms with van der Waals surface area (Å²) < 4.78 is 5.34. The number of nitrogens with one attached hydrogen (secondary N) is 1. The minimum Gasteiger partial charge on any atom is -0.396 e. The van der Waals surface area contributed by atoms with Gasteiger partial charge >= 0.3 is 0 Å². The van der Waals surface area contributed by atoms with Crippen molar-refractivity contribution in [1.29, 1.82) is 0 Å². The number of aromatic nitrogens is 1. The van der Waals surface area contributed by atoms with Crippen molar-refractivity contribution in [3.63, 3.8) is 0 Å². The highest BCUT2D eigenvalue weighted by molar-refractivity contribution is 6.09. The van der Waals surface area contributed by atoms with E-state index in [0.29, 0.717) is 6.42 Å². The maximum atomic E-state index is 13.3. The third kappa shape index (κ3) is 2.74. The van der Waals surface area contributed by atoms with Crippen molar-refractivity contribution in [3.8, 4) is 11.1 Å². The van der Waals surface area contributed by atoms with E-state index in [-0.39, 0.29) is 18.4 Å². The van der Waals surface area contributed by atoms with Gasteiger partial charge in [0.2, 0.25) is 5.91 Å². The zero-order chi connectivity index (χ0) is 19.9. The molecular weight excluding hydrogens is 352 g/mol. The summed E-state index contributed by atoms with van der Waals surface area (Å²) in [6, 6.07) is 15.8. The number of benzene rings is 2. The number of anilines is 1. The van der Waals surface area contributed by atoms with Crippen LogP contribution in [0.2, 0.25) is 0 Å². The minimum atomic E-state index is -0.840. The summed E-state index contributed by atoms with van der Waals surface area (Å²) in [5.41, 5.74) is 4.60. The van der Waals surface area contributed by atoms with Gasteiger partial charge < -0.3 is 14.9 Å². The molecule has 5 nitrogen and oxygen atoms in total. The summed E-state index contributed by atoms with van der Waals surface area (Å²) in [5.74, 6) is 0.674. The van der Waals surface area contributed by atoms with Gasteiger partial charge in [0.05, 0.1) is 5.69 Å². The average Bonchev–Trinajstić information content (AvgIpc) is 3.18. The lowest BCUT2D eigenvalue weighted by molar-refractivity contribution is -0.120. The third-order valence-electron chi connectivity index (χ3n) is 5.67. The van der Waals surface area contributed by atoms with E-state index in [9.17, 15) is 9.90 Å². The van der Waals surface area contributed by atoms with E-state index >= 15 is 0 Å². The summed E-state index contributed by atoms with van der Waals surface area (Å²) in [6.45, 7) is 5.81. The van der Waals surface area contributed by atoms with Crippen molar-refractivity contribution < 1.29 is 14.4 Å². The number of aliphatic hydroxyl groups excluding tert-OH is 1. The topological polar surface area (TPSA) is 75.4 Å². The molecule has 2 N–H and O–H groups in total. The maximum absolute atomic E-state index is 13.3. The van der Waals surface area contributed by atoms with Crippen molar-refractivity contribution in [2.75, 3.05) is 11.9 Å². The smallest absolute Gasteiger partial charge is 0.239 e. The monoisotopic (exact) mass is 376 g/mol. The second-order valence-corrected chi connectivity index (χ2v) is 7.68. The van der Waals surface area contributed by atoms with Crippen molar-refractivity contribution in [3.05, 3.63) is 71.1 Å². The molecule has 1 amide bonds. The summed E-state index contributed by atoms with van der Waals surface area (Å²) >= 11 is 0. The van der Waals surface area contributed by atoms with Gasteiger partial charge in [-0.05, 0) is 55.0 Å². The van der Waals surface area contributed by atoms with Crippen molar-refractivity contribution >= 4 is 11.6 Å². The molecule has 0 saturated carbocycles. The second kappa shape index (κ2) is 6.91. The molecule has 1 aromatic heterocycles. The summed E-state index contributed by atoms with van der Waals surface area (Å²) in [6.07, 6.45) is 0.525. The summed E-state index contributed by atoms with van der Waals surface area (Å²) in [7, 11) is 0. The number of carbonyl (C=O) groups is 1. The highest BCUT2D eigenvalue weighted by Gasteiger charge is 2.48. The fourth-order valence-corrected chi connectivity index (χ4v) is 4.33. The molecule has 0 bridgehead atoms. The fourth-order valence-electron chi connectivity index (χ4n) is 4.33. The van der Waals surface area contributed by atoms with E-state index in [0.717, 1.165) is 39.4 Å². The Morgan fingerprint density at radius 3 is 2.57 bits per heavy atom. The molecule has 144 valence electrons. The van der Waals surface area contributed by atoms with Gasteiger partial charge in [0.1, 0.15) is 11.2 Å². The molecule has 0 aliphatic carbocycles. The quantitative estimate of drug-likeness (QED) is 0.699. The van der Waals surface area contributed by atoms with Gasteiger partial charge in [-0.2, -0.15) is 0 Å². The molecule has 2 heterocycles. The lowest BCUT2D eigenvalue weighted by Crippen LogP contribution is -2.38. The first kappa shape index (κ1) is 18.4. The molecular formula is C23H24N2O3. The molecule has 0 fully saturated rings. The van der Waals surface area contributed by atoms with Crippen LogP contribution < -0.4 is 5.32 Å². The average molecular weight is 376 g/mol. The first-order valence-corrected chi connectivity index (χ1v) is 9.53. The Kier molecular flexibility index (Phi) is 4.55. The van der Waals surface area contributed by atoms with E-state index in [1.807, 2.05) is 63.2 Å². The van der Waals surface area contributed by atoms with E-state index in [1.165, 1.54) is 0 Å². The highest BCUT2D eigenvalue weighted by atomic mass is 16.5. The van der Waals surface area contributed by atoms with Crippen LogP contribution in [0, 0.1) is 19.8 Å². The molecule has 0 radical (unpaired) electrons. The number of fused-ring (bicyclic) bond motifs is 1. The number of aryl methyl sites for hydroxylation is 2. The zero-order valence-electron chi connectivity index (χ0n) is 16.3. The van der Waals surface area contributed by atoms with Crippen molar-refractivity contribution in [2.24, 2.45) is 5.92 Å². The van der Waals surface area contributed by atoms with Crippen LogP contribution in [0.3, 0.4) is 0 Å². The van der Waals surface area contributed by atoms with Crippen LogP contribution in [0.4, 0.5) is 5.69 Å². The molecule has 2 aromatic carbocycles. The number of hydrogen-bond acceptors (Lipinski definition) is 4. The Labute approximate surface area is 164 Å². The van der Waals surface area contributed by atoms with E-state index in [1.54, 1.807) is 0 Å². The molecule has 1 unspecified atom stereocenters.